The fourth-order valence-electron chi connectivity index (χ4n) is 2.33. The first-order valence-electron chi connectivity index (χ1n) is 6.89. The minimum absolute atomic E-state index is 0.221. The lowest BCUT2D eigenvalue weighted by Gasteiger charge is -2.06. The Morgan fingerprint density at radius 2 is 1.82 bits per heavy atom. The van der Waals surface area contributed by atoms with Gasteiger partial charge < -0.3 is 4.90 Å². The molecule has 0 saturated heterocycles. The number of benzene rings is 2. The Kier molecular flexibility index (Phi) is 3.47. The van der Waals surface area contributed by atoms with Crippen LogP contribution in [0.5, 0.6) is 0 Å². The highest BCUT2D eigenvalue weighted by atomic mass is 16.2. The third-order valence-electron chi connectivity index (χ3n) is 3.55. The summed E-state index contributed by atoms with van der Waals surface area (Å²) in [7, 11) is 1.61. The Balaban J connectivity index is 2.16. The summed E-state index contributed by atoms with van der Waals surface area (Å²) in [5, 5.41) is 5.08. The van der Waals surface area contributed by atoms with Crippen LogP contribution in [0.25, 0.3) is 10.9 Å². The minimum atomic E-state index is -0.221. The molecule has 0 spiro atoms. The maximum atomic E-state index is 12.7. The molecule has 0 aliphatic carbocycles. The fraction of sp³-hybridized carbons (Fsp3) is 0.118. The van der Waals surface area contributed by atoms with Crippen molar-refractivity contribution < 1.29 is 9.59 Å². The summed E-state index contributed by atoms with van der Waals surface area (Å²) in [4.78, 5) is 25.1. The average Bonchev–Trinajstić information content (AvgIpc) is 2.94. The number of aromatic nitrogens is 2. The van der Waals surface area contributed by atoms with Crippen LogP contribution in [0.1, 0.15) is 15.9 Å². The average molecular weight is 293 g/mol. The quantitative estimate of drug-likeness (QED) is 0.698. The van der Waals surface area contributed by atoms with Gasteiger partial charge in [0.05, 0.1) is 5.52 Å². The maximum Gasteiger partial charge on any atom is 0.278 e. The summed E-state index contributed by atoms with van der Waals surface area (Å²) in [6.45, 7) is 1.97. The highest BCUT2D eigenvalue weighted by Crippen LogP contribution is 2.25. The van der Waals surface area contributed by atoms with Crippen LogP contribution in [0, 0.1) is 6.92 Å². The molecule has 0 radical (unpaired) electrons. The number of anilines is 1. The molecule has 110 valence electrons. The summed E-state index contributed by atoms with van der Waals surface area (Å²) in [6, 6.07) is 14.7. The molecule has 1 heterocycles. The van der Waals surface area contributed by atoms with Crippen molar-refractivity contribution in [2.75, 3.05) is 11.9 Å². The molecule has 1 amide bonds. The normalized spacial score (nSPS) is 10.6. The summed E-state index contributed by atoms with van der Waals surface area (Å²) in [6.07, 6.45) is 0.676. The SMILES string of the molecule is Cc1ccc(C(=O)n2nc(N(C)C=O)c3ccccc32)cc1. The van der Waals surface area contributed by atoms with E-state index in [1.807, 2.05) is 43.3 Å². The van der Waals surface area contributed by atoms with Crippen molar-refractivity contribution in [1.29, 1.82) is 0 Å². The molecule has 3 aromatic rings. The zero-order valence-corrected chi connectivity index (χ0v) is 12.4. The number of nitrogens with zero attached hydrogens (tertiary/aromatic N) is 3. The van der Waals surface area contributed by atoms with Gasteiger partial charge in [0.15, 0.2) is 5.82 Å². The molecule has 5 nitrogen and oxygen atoms in total. The minimum Gasteiger partial charge on any atom is -0.301 e. The summed E-state index contributed by atoms with van der Waals surface area (Å²) in [5.74, 6) is 0.243. The van der Waals surface area contributed by atoms with Crippen molar-refractivity contribution in [3.05, 3.63) is 59.7 Å². The lowest BCUT2D eigenvalue weighted by molar-refractivity contribution is -0.107. The van der Waals surface area contributed by atoms with Gasteiger partial charge in [-0.1, -0.05) is 29.8 Å². The van der Waals surface area contributed by atoms with Gasteiger partial charge in [-0.25, -0.2) is 0 Å². The van der Waals surface area contributed by atoms with Crippen molar-refractivity contribution in [3.63, 3.8) is 0 Å². The van der Waals surface area contributed by atoms with Gasteiger partial charge >= 0.3 is 0 Å². The standard InChI is InChI=1S/C17H15N3O2/c1-12-7-9-13(10-8-12)17(22)20-15-6-4-3-5-14(15)16(18-20)19(2)11-21/h3-11H,1-2H3. The Labute approximate surface area is 127 Å². The second kappa shape index (κ2) is 5.44. The number of hydrogen-bond donors (Lipinski definition) is 0. The van der Waals surface area contributed by atoms with Crippen molar-refractivity contribution in [1.82, 2.24) is 9.78 Å². The second-order valence-electron chi connectivity index (χ2n) is 5.14. The smallest absolute Gasteiger partial charge is 0.278 e. The van der Waals surface area contributed by atoms with E-state index in [4.69, 9.17) is 0 Å². The van der Waals surface area contributed by atoms with Gasteiger partial charge in [-0.2, -0.15) is 4.68 Å². The van der Waals surface area contributed by atoms with Crippen molar-refractivity contribution in [3.8, 4) is 0 Å². The Hall–Kier alpha value is -2.95. The van der Waals surface area contributed by atoms with E-state index in [1.54, 1.807) is 19.2 Å². The van der Waals surface area contributed by atoms with Crippen molar-refractivity contribution >= 4 is 29.0 Å². The van der Waals surface area contributed by atoms with E-state index < -0.39 is 0 Å². The number of amides is 1. The number of aryl methyl sites for hydroxylation is 1. The van der Waals surface area contributed by atoms with Gasteiger partial charge in [0.1, 0.15) is 0 Å². The maximum absolute atomic E-state index is 12.7. The van der Waals surface area contributed by atoms with E-state index in [-0.39, 0.29) is 5.91 Å². The van der Waals surface area contributed by atoms with Crippen LogP contribution in [0.2, 0.25) is 0 Å². The monoisotopic (exact) mass is 293 g/mol. The van der Waals surface area contributed by atoms with E-state index in [9.17, 15) is 9.59 Å². The molecule has 5 heteroatoms. The number of carbonyl (C=O) groups is 2. The van der Waals surface area contributed by atoms with Crippen LogP contribution in [0.15, 0.2) is 48.5 Å². The van der Waals surface area contributed by atoms with Crippen molar-refractivity contribution in [2.45, 2.75) is 6.92 Å². The number of para-hydroxylation sites is 1. The molecule has 0 bridgehead atoms. The predicted octanol–water partition coefficient (Wildman–Crippen LogP) is 2.63. The topological polar surface area (TPSA) is 55.2 Å². The van der Waals surface area contributed by atoms with Crippen molar-refractivity contribution in [2.24, 2.45) is 0 Å². The summed E-state index contributed by atoms with van der Waals surface area (Å²) < 4.78 is 1.34. The number of rotatable bonds is 3. The largest absolute Gasteiger partial charge is 0.301 e. The van der Waals surface area contributed by atoms with E-state index in [2.05, 4.69) is 5.10 Å². The molecular weight excluding hydrogens is 278 g/mol. The van der Waals surface area contributed by atoms with Gasteiger partial charge in [-0.3, -0.25) is 9.59 Å². The van der Waals surface area contributed by atoms with Gasteiger partial charge in [0, 0.05) is 18.0 Å². The van der Waals surface area contributed by atoms with Crippen LogP contribution in [-0.2, 0) is 4.79 Å². The Morgan fingerprint density at radius 1 is 1.14 bits per heavy atom. The highest BCUT2D eigenvalue weighted by molar-refractivity contribution is 6.05. The summed E-state index contributed by atoms with van der Waals surface area (Å²) >= 11 is 0. The van der Waals surface area contributed by atoms with Crippen LogP contribution in [0.3, 0.4) is 0 Å². The van der Waals surface area contributed by atoms with Crippen LogP contribution < -0.4 is 4.90 Å². The molecule has 0 aliphatic rings. The number of fused-ring (bicyclic) bond motifs is 1. The first kappa shape index (κ1) is 14.0. The van der Waals surface area contributed by atoms with Gasteiger partial charge in [0.2, 0.25) is 6.41 Å². The Bertz CT molecular complexity index is 850. The van der Waals surface area contributed by atoms with Gasteiger partial charge in [0.25, 0.3) is 5.91 Å². The second-order valence-corrected chi connectivity index (χ2v) is 5.14. The number of hydrogen-bond acceptors (Lipinski definition) is 3. The zero-order chi connectivity index (χ0) is 15.7. The fourth-order valence-corrected chi connectivity index (χ4v) is 2.33. The van der Waals surface area contributed by atoms with E-state index in [0.717, 1.165) is 10.9 Å². The summed E-state index contributed by atoms with van der Waals surface area (Å²) in [5.41, 5.74) is 2.32. The molecule has 2 aromatic carbocycles. The highest BCUT2D eigenvalue weighted by Gasteiger charge is 2.18. The molecule has 1 aromatic heterocycles. The van der Waals surface area contributed by atoms with Gasteiger partial charge in [-0.15, -0.1) is 5.10 Å². The molecule has 0 unspecified atom stereocenters. The molecule has 0 N–H and O–H groups in total. The van der Waals surface area contributed by atoms with E-state index in [0.29, 0.717) is 23.3 Å². The van der Waals surface area contributed by atoms with Crippen LogP contribution in [0.4, 0.5) is 5.82 Å². The first-order chi connectivity index (χ1) is 10.6. The molecular formula is C17H15N3O2. The molecule has 0 atom stereocenters. The number of carbonyl (C=O) groups excluding carboxylic acids is 2. The third kappa shape index (κ3) is 2.26. The molecule has 0 aliphatic heterocycles. The predicted molar refractivity (Wildman–Crippen MR) is 85.1 cm³/mol. The van der Waals surface area contributed by atoms with Crippen LogP contribution >= 0.6 is 0 Å². The third-order valence-corrected chi connectivity index (χ3v) is 3.55. The van der Waals surface area contributed by atoms with E-state index in [1.165, 1.54) is 9.58 Å². The Morgan fingerprint density at radius 3 is 2.50 bits per heavy atom. The van der Waals surface area contributed by atoms with Crippen LogP contribution in [-0.4, -0.2) is 29.1 Å². The van der Waals surface area contributed by atoms with Gasteiger partial charge in [-0.05, 0) is 31.2 Å². The first-order valence-corrected chi connectivity index (χ1v) is 6.89. The molecule has 22 heavy (non-hydrogen) atoms. The molecule has 0 saturated carbocycles. The lowest BCUT2D eigenvalue weighted by Crippen LogP contribution is -2.17. The molecule has 0 fully saturated rings. The molecule has 3 rings (SSSR count). The zero-order valence-electron chi connectivity index (χ0n) is 12.4. The van der Waals surface area contributed by atoms with E-state index >= 15 is 0 Å². The lowest BCUT2D eigenvalue weighted by atomic mass is 10.1.